The molecule has 1 aliphatic heterocycles. The SMILES string of the molecule is COc1ccc(OC#C[C@@H](O)[C@@H]2COC(C)(C)N2C(=O)OC(C)(C)C)cc1. The Morgan fingerprint density at radius 2 is 1.89 bits per heavy atom. The highest BCUT2D eigenvalue weighted by molar-refractivity contribution is 5.70. The first kappa shape index (κ1) is 20.9. The normalized spacial score (nSPS) is 19.7. The van der Waals surface area contributed by atoms with Crippen molar-refractivity contribution >= 4 is 6.09 Å². The molecule has 1 aromatic carbocycles. The number of nitrogens with zero attached hydrogens (tertiary/aromatic N) is 1. The monoisotopic (exact) mass is 377 g/mol. The van der Waals surface area contributed by atoms with Crippen molar-refractivity contribution in [3.63, 3.8) is 0 Å². The fraction of sp³-hybridized carbons (Fsp3) is 0.550. The Morgan fingerprint density at radius 1 is 1.30 bits per heavy atom. The van der Waals surface area contributed by atoms with Crippen molar-refractivity contribution in [2.75, 3.05) is 13.7 Å². The lowest BCUT2D eigenvalue weighted by molar-refractivity contribution is -0.0658. The second-order valence-electron chi connectivity index (χ2n) is 7.64. The number of aliphatic hydroxyl groups excluding tert-OH is 1. The minimum absolute atomic E-state index is 0.143. The summed E-state index contributed by atoms with van der Waals surface area (Å²) >= 11 is 0. The third-order valence-electron chi connectivity index (χ3n) is 3.91. The summed E-state index contributed by atoms with van der Waals surface area (Å²) < 4.78 is 21.5. The molecule has 1 heterocycles. The number of carbonyl (C=O) groups excluding carboxylic acids is 1. The molecule has 1 N–H and O–H groups in total. The van der Waals surface area contributed by atoms with Crippen LogP contribution in [0, 0.1) is 12.0 Å². The summed E-state index contributed by atoms with van der Waals surface area (Å²) in [6.07, 6.45) is 0.758. The highest BCUT2D eigenvalue weighted by Crippen LogP contribution is 2.30. The molecule has 0 bridgehead atoms. The standard InChI is InChI=1S/C20H27NO6/c1-19(2,3)27-18(23)21-16(13-26-20(21,4)5)17(22)11-12-25-15-9-7-14(24-6)8-10-15/h7-10,16-17,22H,13H2,1-6H3/t16-,17+/m0/s1. The molecule has 0 aliphatic carbocycles. The Kier molecular flexibility index (Phi) is 6.24. The van der Waals surface area contributed by atoms with Crippen LogP contribution in [0.5, 0.6) is 11.5 Å². The maximum Gasteiger partial charge on any atom is 0.413 e. The zero-order chi connectivity index (χ0) is 20.2. The predicted molar refractivity (Wildman–Crippen MR) is 99.3 cm³/mol. The maximum absolute atomic E-state index is 12.6. The molecule has 0 unspecified atom stereocenters. The van der Waals surface area contributed by atoms with Gasteiger partial charge in [0.1, 0.15) is 35.0 Å². The van der Waals surface area contributed by atoms with E-state index in [0.717, 1.165) is 0 Å². The summed E-state index contributed by atoms with van der Waals surface area (Å²) in [4.78, 5) is 13.9. The van der Waals surface area contributed by atoms with Crippen molar-refractivity contribution < 1.29 is 28.8 Å². The van der Waals surface area contributed by atoms with Gasteiger partial charge in [0.15, 0.2) is 0 Å². The van der Waals surface area contributed by atoms with E-state index in [2.05, 4.69) is 12.0 Å². The third-order valence-corrected chi connectivity index (χ3v) is 3.91. The molecule has 1 aliphatic rings. The summed E-state index contributed by atoms with van der Waals surface area (Å²) in [5.41, 5.74) is -1.57. The van der Waals surface area contributed by atoms with Crippen LogP contribution in [0.15, 0.2) is 24.3 Å². The molecule has 7 nitrogen and oxygen atoms in total. The average molecular weight is 377 g/mol. The zero-order valence-corrected chi connectivity index (χ0v) is 16.6. The first-order valence-electron chi connectivity index (χ1n) is 8.69. The molecule has 2 atom stereocenters. The van der Waals surface area contributed by atoms with Crippen molar-refractivity contribution in [2.45, 2.75) is 58.1 Å². The van der Waals surface area contributed by atoms with Crippen LogP contribution in [0.25, 0.3) is 0 Å². The second kappa shape index (κ2) is 8.07. The molecule has 1 fully saturated rings. The zero-order valence-electron chi connectivity index (χ0n) is 16.6. The molecule has 0 aromatic heterocycles. The van der Waals surface area contributed by atoms with E-state index in [-0.39, 0.29) is 6.61 Å². The number of benzene rings is 1. The topological polar surface area (TPSA) is 77.5 Å². The predicted octanol–water partition coefficient (Wildman–Crippen LogP) is 2.77. The van der Waals surface area contributed by atoms with E-state index < -0.39 is 29.6 Å². The number of rotatable bonds is 3. The molecular formula is C20H27NO6. The molecule has 0 radical (unpaired) electrons. The molecule has 7 heteroatoms. The van der Waals surface area contributed by atoms with E-state index in [9.17, 15) is 9.90 Å². The fourth-order valence-corrected chi connectivity index (χ4v) is 2.62. The smallest absolute Gasteiger partial charge is 0.413 e. The van der Waals surface area contributed by atoms with Crippen molar-refractivity contribution in [2.24, 2.45) is 0 Å². The molecule has 2 rings (SSSR count). The second-order valence-corrected chi connectivity index (χ2v) is 7.64. The minimum Gasteiger partial charge on any atom is -0.497 e. The average Bonchev–Trinajstić information content (AvgIpc) is 2.89. The van der Waals surface area contributed by atoms with E-state index in [1.54, 1.807) is 66.0 Å². The third kappa shape index (κ3) is 5.52. The highest BCUT2D eigenvalue weighted by Gasteiger charge is 2.48. The van der Waals surface area contributed by atoms with Crippen LogP contribution in [0.2, 0.25) is 0 Å². The van der Waals surface area contributed by atoms with Crippen molar-refractivity contribution in [3.05, 3.63) is 24.3 Å². The molecule has 1 saturated heterocycles. The van der Waals surface area contributed by atoms with Crippen molar-refractivity contribution in [1.29, 1.82) is 0 Å². The van der Waals surface area contributed by atoms with Gasteiger partial charge in [0, 0.05) is 0 Å². The van der Waals surface area contributed by atoms with Crippen LogP contribution >= 0.6 is 0 Å². The van der Waals surface area contributed by atoms with Crippen LogP contribution in [-0.2, 0) is 9.47 Å². The quantitative estimate of drug-likeness (QED) is 0.816. The molecule has 0 saturated carbocycles. The number of ether oxygens (including phenoxy) is 4. The minimum atomic E-state index is -1.16. The molecular weight excluding hydrogens is 350 g/mol. The molecule has 27 heavy (non-hydrogen) atoms. The van der Waals surface area contributed by atoms with E-state index in [0.29, 0.717) is 11.5 Å². The van der Waals surface area contributed by atoms with Gasteiger partial charge in [0.25, 0.3) is 0 Å². The first-order valence-corrected chi connectivity index (χ1v) is 8.69. The van der Waals surface area contributed by atoms with Crippen LogP contribution in [-0.4, -0.2) is 53.3 Å². The number of hydrogen-bond acceptors (Lipinski definition) is 6. The lowest BCUT2D eigenvalue weighted by atomic mass is 10.1. The van der Waals surface area contributed by atoms with Gasteiger partial charge in [-0.05, 0) is 64.8 Å². The maximum atomic E-state index is 12.6. The van der Waals surface area contributed by atoms with Gasteiger partial charge in [0.05, 0.1) is 19.8 Å². The Balaban J connectivity index is 2.07. The number of methoxy groups -OCH3 is 1. The number of aliphatic hydroxyl groups is 1. The molecule has 148 valence electrons. The Morgan fingerprint density at radius 3 is 2.44 bits per heavy atom. The molecule has 1 amide bonds. The number of amides is 1. The van der Waals surface area contributed by atoms with Crippen LogP contribution in [0.1, 0.15) is 34.6 Å². The fourth-order valence-electron chi connectivity index (χ4n) is 2.62. The van der Waals surface area contributed by atoms with Crippen LogP contribution in [0.3, 0.4) is 0 Å². The number of hydrogen-bond donors (Lipinski definition) is 1. The van der Waals surface area contributed by atoms with E-state index >= 15 is 0 Å². The summed E-state index contributed by atoms with van der Waals surface area (Å²) in [7, 11) is 1.58. The van der Waals surface area contributed by atoms with Crippen molar-refractivity contribution in [3.8, 4) is 23.5 Å². The van der Waals surface area contributed by atoms with Gasteiger partial charge in [0.2, 0.25) is 0 Å². The lowest BCUT2D eigenvalue weighted by Gasteiger charge is -2.35. The summed E-state index contributed by atoms with van der Waals surface area (Å²) in [6, 6.07) is 6.22. The number of carbonyl (C=O) groups is 1. The van der Waals surface area contributed by atoms with Gasteiger partial charge in [-0.1, -0.05) is 0 Å². The van der Waals surface area contributed by atoms with Gasteiger partial charge in [-0.15, -0.1) is 0 Å². The Labute approximate surface area is 160 Å². The highest BCUT2D eigenvalue weighted by atomic mass is 16.6. The van der Waals surface area contributed by atoms with Gasteiger partial charge in [-0.3, -0.25) is 4.90 Å². The summed E-state index contributed by atoms with van der Waals surface area (Å²) in [6.45, 7) is 8.97. The van der Waals surface area contributed by atoms with Crippen LogP contribution < -0.4 is 9.47 Å². The summed E-state index contributed by atoms with van der Waals surface area (Å²) in [5.74, 6) is 3.83. The van der Waals surface area contributed by atoms with Gasteiger partial charge < -0.3 is 24.1 Å². The molecule has 0 spiro atoms. The van der Waals surface area contributed by atoms with E-state index in [4.69, 9.17) is 18.9 Å². The Bertz CT molecular complexity index is 711. The Hall–Kier alpha value is -2.43. The van der Waals surface area contributed by atoms with Gasteiger partial charge >= 0.3 is 6.09 Å². The van der Waals surface area contributed by atoms with E-state index in [1.807, 2.05) is 0 Å². The summed E-state index contributed by atoms with van der Waals surface area (Å²) in [5, 5.41) is 10.5. The van der Waals surface area contributed by atoms with Gasteiger partial charge in [-0.2, -0.15) is 0 Å². The lowest BCUT2D eigenvalue weighted by Crippen LogP contribution is -2.53. The van der Waals surface area contributed by atoms with Crippen LogP contribution in [0.4, 0.5) is 4.79 Å². The van der Waals surface area contributed by atoms with Crippen molar-refractivity contribution in [1.82, 2.24) is 4.90 Å². The van der Waals surface area contributed by atoms with E-state index in [1.165, 1.54) is 4.90 Å². The molecule has 1 aromatic rings. The largest absolute Gasteiger partial charge is 0.497 e. The van der Waals surface area contributed by atoms with Gasteiger partial charge in [-0.25, -0.2) is 4.79 Å². The first-order chi connectivity index (χ1) is 12.5.